The Bertz CT molecular complexity index is 818. The monoisotopic (exact) mass is 404 g/mol. The molecule has 0 aliphatic rings. The lowest BCUT2D eigenvalue weighted by Crippen LogP contribution is -2.48. The highest BCUT2D eigenvalue weighted by Crippen LogP contribution is 2.11. The van der Waals surface area contributed by atoms with Gasteiger partial charge in [0.25, 0.3) is 11.8 Å². The van der Waals surface area contributed by atoms with E-state index in [1.165, 1.54) is 11.3 Å². The van der Waals surface area contributed by atoms with Crippen molar-refractivity contribution in [3.63, 3.8) is 0 Å². The molecular weight excluding hydrogens is 384 g/mol. The number of amides is 3. The molecule has 1 aromatic carbocycles. The van der Waals surface area contributed by atoms with Crippen LogP contribution in [0.1, 0.15) is 40.3 Å². The highest BCUT2D eigenvalue weighted by atomic mass is 32.1. The van der Waals surface area contributed by atoms with Crippen LogP contribution in [-0.2, 0) is 4.79 Å². The van der Waals surface area contributed by atoms with Gasteiger partial charge in [0.1, 0.15) is 0 Å². The van der Waals surface area contributed by atoms with Crippen LogP contribution in [0.5, 0.6) is 0 Å². The third-order valence-corrected chi connectivity index (χ3v) is 4.36. The SMILES string of the molecule is CC(C)CC(=O)Nc1ccc(C(=O)NNC(=S)NC(=O)c2cccs2)cc1. The van der Waals surface area contributed by atoms with Gasteiger partial charge in [-0.15, -0.1) is 11.3 Å². The van der Waals surface area contributed by atoms with E-state index in [9.17, 15) is 14.4 Å². The summed E-state index contributed by atoms with van der Waals surface area (Å²) in [4.78, 5) is 36.2. The first-order valence-corrected chi connectivity index (χ1v) is 9.49. The molecule has 2 rings (SSSR count). The zero-order valence-corrected chi connectivity index (χ0v) is 16.5. The number of thiophene rings is 1. The molecule has 9 heteroatoms. The van der Waals surface area contributed by atoms with Crippen molar-refractivity contribution >= 4 is 52.1 Å². The van der Waals surface area contributed by atoms with Crippen molar-refractivity contribution in [2.24, 2.45) is 5.92 Å². The van der Waals surface area contributed by atoms with E-state index in [0.29, 0.717) is 22.5 Å². The van der Waals surface area contributed by atoms with Gasteiger partial charge in [0.05, 0.1) is 4.88 Å². The van der Waals surface area contributed by atoms with Gasteiger partial charge in [-0.25, -0.2) is 0 Å². The molecule has 1 aromatic heterocycles. The second kappa shape index (κ2) is 9.79. The summed E-state index contributed by atoms with van der Waals surface area (Å²) in [6, 6.07) is 9.87. The van der Waals surface area contributed by atoms with Gasteiger partial charge in [-0.05, 0) is 53.8 Å². The molecule has 4 N–H and O–H groups in total. The molecule has 0 atom stereocenters. The number of rotatable bonds is 5. The fraction of sp³-hybridized carbons (Fsp3) is 0.222. The van der Waals surface area contributed by atoms with Gasteiger partial charge in [-0.1, -0.05) is 19.9 Å². The van der Waals surface area contributed by atoms with Gasteiger partial charge < -0.3 is 5.32 Å². The minimum absolute atomic E-state index is 0.0145. The third-order valence-electron chi connectivity index (χ3n) is 3.29. The third kappa shape index (κ3) is 6.80. The van der Waals surface area contributed by atoms with E-state index in [1.807, 2.05) is 13.8 Å². The standard InChI is InChI=1S/C18H20N4O3S2/c1-11(2)10-15(23)19-13-7-5-12(6-8-13)16(24)21-22-18(26)20-17(25)14-4-3-9-27-14/h3-9,11H,10H2,1-2H3,(H,19,23)(H,21,24)(H2,20,22,25,26). The summed E-state index contributed by atoms with van der Waals surface area (Å²) in [5.74, 6) is -0.581. The van der Waals surface area contributed by atoms with Crippen molar-refractivity contribution < 1.29 is 14.4 Å². The maximum absolute atomic E-state index is 12.1. The largest absolute Gasteiger partial charge is 0.326 e. The molecule has 3 amide bonds. The molecule has 1 heterocycles. The number of carbonyl (C=O) groups is 3. The summed E-state index contributed by atoms with van der Waals surface area (Å²) in [7, 11) is 0. The zero-order chi connectivity index (χ0) is 19.8. The summed E-state index contributed by atoms with van der Waals surface area (Å²) < 4.78 is 0. The average molecular weight is 405 g/mol. The smallest absolute Gasteiger partial charge is 0.269 e. The molecule has 0 saturated carbocycles. The normalized spacial score (nSPS) is 10.2. The molecule has 0 fully saturated rings. The molecule has 0 bridgehead atoms. The molecule has 0 aliphatic heterocycles. The number of nitrogens with one attached hydrogen (secondary N) is 4. The van der Waals surface area contributed by atoms with E-state index in [4.69, 9.17) is 12.2 Å². The van der Waals surface area contributed by atoms with Crippen molar-refractivity contribution in [3.05, 3.63) is 52.2 Å². The number of benzene rings is 1. The maximum Gasteiger partial charge on any atom is 0.269 e. The van der Waals surface area contributed by atoms with Crippen molar-refractivity contribution in [3.8, 4) is 0 Å². The van der Waals surface area contributed by atoms with Crippen LogP contribution in [0.25, 0.3) is 0 Å². The second-order valence-corrected chi connectivity index (χ2v) is 7.42. The quantitative estimate of drug-likeness (QED) is 0.454. The minimum atomic E-state index is -0.428. The van der Waals surface area contributed by atoms with Crippen LogP contribution < -0.4 is 21.5 Å². The van der Waals surface area contributed by atoms with Gasteiger partial charge in [0.15, 0.2) is 5.11 Å². The molecule has 0 saturated heterocycles. The fourth-order valence-corrected chi connectivity index (χ4v) is 2.84. The molecular formula is C18H20N4O3S2. The Kier molecular flexibility index (Phi) is 7.44. The van der Waals surface area contributed by atoms with Crippen molar-refractivity contribution in [2.75, 3.05) is 5.32 Å². The zero-order valence-electron chi connectivity index (χ0n) is 14.9. The number of anilines is 1. The van der Waals surface area contributed by atoms with E-state index >= 15 is 0 Å². The molecule has 0 spiro atoms. The van der Waals surface area contributed by atoms with Crippen LogP contribution in [0.2, 0.25) is 0 Å². The lowest BCUT2D eigenvalue weighted by atomic mass is 10.1. The molecule has 0 radical (unpaired) electrons. The molecule has 142 valence electrons. The maximum atomic E-state index is 12.1. The molecule has 27 heavy (non-hydrogen) atoms. The van der Waals surface area contributed by atoms with Crippen LogP contribution in [0, 0.1) is 5.92 Å². The Hall–Kier alpha value is -2.78. The van der Waals surface area contributed by atoms with Crippen molar-refractivity contribution in [1.82, 2.24) is 16.2 Å². The predicted octanol–water partition coefficient (Wildman–Crippen LogP) is 2.68. The van der Waals surface area contributed by atoms with Gasteiger partial charge in [0.2, 0.25) is 5.91 Å². The van der Waals surface area contributed by atoms with Crippen molar-refractivity contribution in [2.45, 2.75) is 20.3 Å². The Morgan fingerprint density at radius 1 is 1.04 bits per heavy atom. The summed E-state index contributed by atoms with van der Waals surface area (Å²) in [5.41, 5.74) is 5.87. The molecule has 0 unspecified atom stereocenters. The molecule has 7 nitrogen and oxygen atoms in total. The summed E-state index contributed by atoms with van der Waals surface area (Å²) >= 11 is 6.26. The predicted molar refractivity (Wildman–Crippen MR) is 110 cm³/mol. The van der Waals surface area contributed by atoms with Gasteiger partial charge >= 0.3 is 0 Å². The Morgan fingerprint density at radius 3 is 2.33 bits per heavy atom. The van der Waals surface area contributed by atoms with Crippen LogP contribution in [0.15, 0.2) is 41.8 Å². The van der Waals surface area contributed by atoms with Gasteiger partial charge in [-0.3, -0.25) is 30.6 Å². The van der Waals surface area contributed by atoms with Gasteiger partial charge in [0, 0.05) is 17.7 Å². The lowest BCUT2D eigenvalue weighted by molar-refractivity contribution is -0.116. The van der Waals surface area contributed by atoms with E-state index in [2.05, 4.69) is 21.5 Å². The topological polar surface area (TPSA) is 99.3 Å². The number of hydrazine groups is 1. The number of hydrogen-bond donors (Lipinski definition) is 4. The Labute approximate surface area is 166 Å². The summed E-state index contributed by atoms with van der Waals surface area (Å²) in [5, 5.41) is 7.00. The van der Waals surface area contributed by atoms with Crippen molar-refractivity contribution in [1.29, 1.82) is 0 Å². The highest BCUT2D eigenvalue weighted by Gasteiger charge is 2.11. The second-order valence-electron chi connectivity index (χ2n) is 6.06. The highest BCUT2D eigenvalue weighted by molar-refractivity contribution is 7.80. The van der Waals surface area contributed by atoms with E-state index in [-0.39, 0.29) is 22.8 Å². The summed E-state index contributed by atoms with van der Waals surface area (Å²) in [6.45, 7) is 3.93. The first-order chi connectivity index (χ1) is 12.8. The number of thiocarbonyl (C=S) groups is 1. The van der Waals surface area contributed by atoms with E-state index in [0.717, 1.165) is 0 Å². The van der Waals surface area contributed by atoms with E-state index in [1.54, 1.807) is 41.8 Å². The average Bonchev–Trinajstić information content (AvgIpc) is 3.14. The van der Waals surface area contributed by atoms with E-state index < -0.39 is 5.91 Å². The molecule has 0 aliphatic carbocycles. The molecule has 2 aromatic rings. The van der Waals surface area contributed by atoms with Gasteiger partial charge in [-0.2, -0.15) is 0 Å². The number of carbonyl (C=O) groups excluding carboxylic acids is 3. The van der Waals surface area contributed by atoms with Crippen LogP contribution >= 0.6 is 23.6 Å². The Morgan fingerprint density at radius 2 is 1.74 bits per heavy atom. The minimum Gasteiger partial charge on any atom is -0.326 e. The fourth-order valence-electron chi connectivity index (χ4n) is 2.08. The summed E-state index contributed by atoms with van der Waals surface area (Å²) in [6.07, 6.45) is 0.431. The number of hydrogen-bond acceptors (Lipinski definition) is 5. The first kappa shape index (κ1) is 20.5. The van der Waals surface area contributed by atoms with Crippen LogP contribution in [0.3, 0.4) is 0 Å². The lowest BCUT2D eigenvalue weighted by Gasteiger charge is -2.11. The Balaban J connectivity index is 1.80. The van der Waals surface area contributed by atoms with Crippen LogP contribution in [-0.4, -0.2) is 22.8 Å². The first-order valence-electron chi connectivity index (χ1n) is 8.20. The van der Waals surface area contributed by atoms with Crippen LogP contribution in [0.4, 0.5) is 5.69 Å².